The Bertz CT molecular complexity index is 948. The number of ether oxygens (including phenoxy) is 2. The molecule has 3 aromatic carbocycles. The second-order valence-corrected chi connectivity index (χ2v) is 7.38. The molecule has 0 aromatic heterocycles. The van der Waals surface area contributed by atoms with Gasteiger partial charge in [-0.1, -0.05) is 46.3 Å². The van der Waals surface area contributed by atoms with E-state index < -0.39 is 0 Å². The maximum absolute atomic E-state index is 13.7. The number of hydrogen-bond donors (Lipinski definition) is 1. The number of methoxy groups -OCH3 is 1. The molecular weight excluding hydrogens is 440 g/mol. The second kappa shape index (κ2) is 10.4. The van der Waals surface area contributed by atoms with Crippen LogP contribution in [0.15, 0.2) is 65.1 Å². The van der Waals surface area contributed by atoms with Gasteiger partial charge in [-0.3, -0.25) is 0 Å². The zero-order chi connectivity index (χ0) is 20.6. The summed E-state index contributed by atoms with van der Waals surface area (Å²) in [6.07, 6.45) is 0.611. The summed E-state index contributed by atoms with van der Waals surface area (Å²) in [7, 11) is 1.59. The second-order valence-electron chi connectivity index (χ2n) is 6.53. The van der Waals surface area contributed by atoms with E-state index in [-0.39, 0.29) is 11.6 Å². The van der Waals surface area contributed by atoms with E-state index in [0.717, 1.165) is 15.6 Å². The molecule has 1 N–H and O–H groups in total. The summed E-state index contributed by atoms with van der Waals surface area (Å²) in [5.41, 5.74) is 2.56. The molecule has 0 aliphatic heterocycles. The summed E-state index contributed by atoms with van der Waals surface area (Å²) >= 11 is 3.57. The third-order valence-corrected chi connectivity index (χ3v) is 5.22. The summed E-state index contributed by atoms with van der Waals surface area (Å²) in [5, 5.41) is 3.32. The molecule has 0 spiro atoms. The van der Waals surface area contributed by atoms with Crippen LogP contribution in [0.3, 0.4) is 0 Å². The quantitative estimate of drug-likeness (QED) is 0.417. The Morgan fingerprint density at radius 3 is 2.41 bits per heavy atom. The fourth-order valence-corrected chi connectivity index (χ4v) is 3.34. The maximum Gasteiger partial charge on any atom is 0.162 e. The lowest BCUT2D eigenvalue weighted by Crippen LogP contribution is -2.17. The standard InChI is InChI=1S/C23H22BrF2NO2/c1-28-22-12-18(14-27-11-10-17-4-2-3-5-21(17)26)20(24)13-23(22)29-15-16-6-8-19(25)9-7-16/h2-9,12-13,27H,10-11,14-15H2,1H3. The van der Waals surface area contributed by atoms with Gasteiger partial charge in [-0.05, 0) is 60.0 Å². The van der Waals surface area contributed by atoms with Crippen molar-refractivity contribution in [3.63, 3.8) is 0 Å². The van der Waals surface area contributed by atoms with Crippen molar-refractivity contribution in [1.82, 2.24) is 5.32 Å². The Kier molecular flexibility index (Phi) is 7.61. The van der Waals surface area contributed by atoms with Crippen molar-refractivity contribution in [2.45, 2.75) is 19.6 Å². The lowest BCUT2D eigenvalue weighted by molar-refractivity contribution is 0.284. The Balaban J connectivity index is 1.58. The van der Waals surface area contributed by atoms with E-state index in [1.165, 1.54) is 18.2 Å². The van der Waals surface area contributed by atoms with Gasteiger partial charge in [-0.15, -0.1) is 0 Å². The SMILES string of the molecule is COc1cc(CNCCc2ccccc2F)c(Br)cc1OCc1ccc(F)cc1. The average Bonchev–Trinajstić information content (AvgIpc) is 2.73. The lowest BCUT2D eigenvalue weighted by atomic mass is 10.1. The molecule has 6 heteroatoms. The zero-order valence-electron chi connectivity index (χ0n) is 16.1. The number of rotatable bonds is 9. The number of halogens is 3. The summed E-state index contributed by atoms with van der Waals surface area (Å²) in [5.74, 6) is 0.751. The topological polar surface area (TPSA) is 30.5 Å². The normalized spacial score (nSPS) is 10.8. The van der Waals surface area contributed by atoms with Crippen LogP contribution in [0, 0.1) is 11.6 Å². The minimum absolute atomic E-state index is 0.181. The van der Waals surface area contributed by atoms with Gasteiger partial charge in [0.25, 0.3) is 0 Å². The van der Waals surface area contributed by atoms with Gasteiger partial charge in [-0.2, -0.15) is 0 Å². The van der Waals surface area contributed by atoms with Crippen molar-refractivity contribution in [2.75, 3.05) is 13.7 Å². The first-order valence-corrected chi connectivity index (χ1v) is 10.0. The van der Waals surface area contributed by atoms with E-state index in [9.17, 15) is 8.78 Å². The molecule has 0 aliphatic rings. The molecule has 3 nitrogen and oxygen atoms in total. The van der Waals surface area contributed by atoms with Crippen LogP contribution >= 0.6 is 15.9 Å². The first-order chi connectivity index (χ1) is 14.1. The zero-order valence-corrected chi connectivity index (χ0v) is 17.6. The fraction of sp³-hybridized carbons (Fsp3) is 0.217. The van der Waals surface area contributed by atoms with E-state index in [1.54, 1.807) is 31.4 Å². The number of hydrogen-bond acceptors (Lipinski definition) is 3. The van der Waals surface area contributed by atoms with Gasteiger partial charge in [0.15, 0.2) is 11.5 Å². The largest absolute Gasteiger partial charge is 0.493 e. The molecule has 29 heavy (non-hydrogen) atoms. The molecule has 152 valence electrons. The maximum atomic E-state index is 13.7. The fourth-order valence-electron chi connectivity index (χ4n) is 2.87. The molecule has 0 bridgehead atoms. The molecule has 0 amide bonds. The highest BCUT2D eigenvalue weighted by atomic mass is 79.9. The smallest absolute Gasteiger partial charge is 0.162 e. The van der Waals surface area contributed by atoms with Gasteiger partial charge in [0, 0.05) is 11.0 Å². The molecule has 3 aromatic rings. The first-order valence-electron chi connectivity index (χ1n) is 9.24. The van der Waals surface area contributed by atoms with Gasteiger partial charge in [0.05, 0.1) is 7.11 Å². The van der Waals surface area contributed by atoms with Crippen LogP contribution in [0.25, 0.3) is 0 Å². The van der Waals surface area contributed by atoms with Gasteiger partial charge in [0.2, 0.25) is 0 Å². The predicted octanol–water partition coefficient (Wildman–Crippen LogP) is 5.65. The third-order valence-electron chi connectivity index (χ3n) is 4.48. The third kappa shape index (κ3) is 6.02. The van der Waals surface area contributed by atoms with Gasteiger partial charge >= 0.3 is 0 Å². The van der Waals surface area contributed by atoms with Crippen LogP contribution in [0.5, 0.6) is 11.5 Å². The van der Waals surface area contributed by atoms with Crippen molar-refractivity contribution in [1.29, 1.82) is 0 Å². The van der Waals surface area contributed by atoms with Crippen LogP contribution in [0.4, 0.5) is 8.78 Å². The van der Waals surface area contributed by atoms with Crippen molar-refractivity contribution in [3.8, 4) is 11.5 Å². The van der Waals surface area contributed by atoms with Crippen molar-refractivity contribution in [2.24, 2.45) is 0 Å². The Labute approximate surface area is 177 Å². The average molecular weight is 462 g/mol. The summed E-state index contributed by atoms with van der Waals surface area (Å²) < 4.78 is 38.9. The molecule has 0 heterocycles. The van der Waals surface area contributed by atoms with Gasteiger partial charge in [-0.25, -0.2) is 8.78 Å². The Hall–Kier alpha value is -2.44. The highest BCUT2D eigenvalue weighted by Gasteiger charge is 2.11. The molecule has 0 saturated heterocycles. The minimum Gasteiger partial charge on any atom is -0.493 e. The summed E-state index contributed by atoms with van der Waals surface area (Å²) in [6, 6.07) is 16.7. The predicted molar refractivity (Wildman–Crippen MR) is 113 cm³/mol. The minimum atomic E-state index is -0.277. The molecule has 0 saturated carbocycles. The Morgan fingerprint density at radius 1 is 0.931 bits per heavy atom. The van der Waals surface area contributed by atoms with E-state index in [0.29, 0.717) is 43.2 Å². The van der Waals surface area contributed by atoms with Gasteiger partial charge < -0.3 is 14.8 Å². The number of nitrogens with one attached hydrogen (secondary N) is 1. The molecule has 0 aliphatic carbocycles. The monoisotopic (exact) mass is 461 g/mol. The molecular formula is C23H22BrF2NO2. The van der Waals surface area contributed by atoms with E-state index in [4.69, 9.17) is 9.47 Å². The van der Waals surface area contributed by atoms with E-state index >= 15 is 0 Å². The molecule has 0 atom stereocenters. The van der Waals surface area contributed by atoms with Crippen LogP contribution in [-0.4, -0.2) is 13.7 Å². The lowest BCUT2D eigenvalue weighted by Gasteiger charge is -2.15. The van der Waals surface area contributed by atoms with E-state index in [2.05, 4.69) is 21.2 Å². The van der Waals surface area contributed by atoms with Crippen LogP contribution in [0.2, 0.25) is 0 Å². The van der Waals surface area contributed by atoms with Gasteiger partial charge in [0.1, 0.15) is 18.2 Å². The number of benzene rings is 3. The molecule has 0 fully saturated rings. The van der Waals surface area contributed by atoms with Crippen molar-refractivity contribution >= 4 is 15.9 Å². The summed E-state index contributed by atoms with van der Waals surface area (Å²) in [6.45, 7) is 1.56. The van der Waals surface area contributed by atoms with Crippen molar-refractivity contribution < 1.29 is 18.3 Å². The Morgan fingerprint density at radius 2 is 1.69 bits per heavy atom. The van der Waals surface area contributed by atoms with E-state index in [1.807, 2.05) is 18.2 Å². The highest BCUT2D eigenvalue weighted by Crippen LogP contribution is 2.34. The van der Waals surface area contributed by atoms with Crippen molar-refractivity contribution in [3.05, 3.63) is 93.5 Å². The first kappa shape index (κ1) is 21.3. The van der Waals surface area contributed by atoms with Crippen LogP contribution in [-0.2, 0) is 19.6 Å². The molecule has 0 unspecified atom stereocenters. The molecule has 0 radical (unpaired) electrons. The molecule has 3 rings (SSSR count). The van der Waals surface area contributed by atoms with Crippen LogP contribution in [0.1, 0.15) is 16.7 Å². The highest BCUT2D eigenvalue weighted by molar-refractivity contribution is 9.10. The van der Waals surface area contributed by atoms with Crippen LogP contribution < -0.4 is 14.8 Å². The summed E-state index contributed by atoms with van der Waals surface area (Å²) in [4.78, 5) is 0.